The number of amides is 5. The van der Waals surface area contributed by atoms with Gasteiger partial charge in [0.25, 0.3) is 0 Å². The van der Waals surface area contributed by atoms with Gasteiger partial charge in [-0.05, 0) is 128 Å². The summed E-state index contributed by atoms with van der Waals surface area (Å²) in [5, 5.41) is 23.0. The Bertz CT molecular complexity index is 3190. The van der Waals surface area contributed by atoms with Crippen LogP contribution in [0.5, 0.6) is 17.2 Å². The molecule has 0 unspecified atom stereocenters. The zero-order valence-electron chi connectivity index (χ0n) is 47.7. The van der Waals surface area contributed by atoms with E-state index in [1.165, 1.54) is 48.4 Å². The van der Waals surface area contributed by atoms with Crippen molar-refractivity contribution in [1.82, 2.24) is 25.5 Å². The zero-order chi connectivity index (χ0) is 58.0. The van der Waals surface area contributed by atoms with Crippen molar-refractivity contribution in [2.24, 2.45) is 16.7 Å². The molecule has 0 bridgehead atoms. The summed E-state index contributed by atoms with van der Waals surface area (Å²) >= 11 is 1.58. The second-order valence-corrected chi connectivity index (χ2v) is 24.2. The van der Waals surface area contributed by atoms with Crippen molar-refractivity contribution >= 4 is 68.8 Å². The van der Waals surface area contributed by atoms with E-state index in [0.717, 1.165) is 102 Å². The van der Waals surface area contributed by atoms with Crippen molar-refractivity contribution in [1.29, 1.82) is 0 Å². The number of β-amino-alcohol motifs (C(OH)–C–C–N with tert-alkyl or cyclic N) is 1. The van der Waals surface area contributed by atoms with Gasteiger partial charge in [-0.3, -0.25) is 29.0 Å². The highest BCUT2D eigenvalue weighted by atomic mass is 32.1. The van der Waals surface area contributed by atoms with Crippen LogP contribution in [0.3, 0.4) is 0 Å². The molecule has 434 valence electrons. The molecule has 3 aliphatic rings. The van der Waals surface area contributed by atoms with E-state index >= 15 is 0 Å². The maximum Gasteiger partial charge on any atom is 0.246 e. The number of aryl methyl sites for hydroxylation is 1. The van der Waals surface area contributed by atoms with E-state index in [4.69, 9.17) is 14.5 Å². The fourth-order valence-corrected chi connectivity index (χ4v) is 12.0. The van der Waals surface area contributed by atoms with Gasteiger partial charge in [-0.15, -0.1) is 11.3 Å². The van der Waals surface area contributed by atoms with Gasteiger partial charge in [-0.25, -0.2) is 9.37 Å². The number of hydrogen-bond acceptors (Lipinski definition) is 12. The van der Waals surface area contributed by atoms with E-state index in [1.54, 1.807) is 48.9 Å². The second kappa shape index (κ2) is 26.6. The summed E-state index contributed by atoms with van der Waals surface area (Å²) in [7, 11) is 1.68. The molecule has 6 aromatic rings. The Balaban J connectivity index is 0.657. The fourth-order valence-electron chi connectivity index (χ4n) is 11.2. The number of anilines is 3. The van der Waals surface area contributed by atoms with Gasteiger partial charge in [-0.2, -0.15) is 0 Å². The highest BCUT2D eigenvalue weighted by Crippen LogP contribution is 2.48. The molecule has 18 heteroatoms. The van der Waals surface area contributed by atoms with Gasteiger partial charge in [0.05, 0.1) is 40.5 Å². The maximum absolute atomic E-state index is 14.1. The lowest BCUT2D eigenvalue weighted by molar-refractivity contribution is -0.144. The van der Waals surface area contributed by atoms with Crippen LogP contribution in [0.2, 0.25) is 0 Å². The summed E-state index contributed by atoms with van der Waals surface area (Å²) in [5.41, 5.74) is 5.73. The molecule has 9 rings (SSSR count). The van der Waals surface area contributed by atoms with Crippen molar-refractivity contribution in [2.75, 3.05) is 42.3 Å². The van der Waals surface area contributed by atoms with Crippen LogP contribution in [-0.2, 0) is 30.5 Å². The summed E-state index contributed by atoms with van der Waals surface area (Å²) < 4.78 is 25.7. The molecule has 3 atom stereocenters. The van der Waals surface area contributed by atoms with Crippen molar-refractivity contribution in [3.05, 3.63) is 120 Å². The third-order valence-corrected chi connectivity index (χ3v) is 17.2. The lowest BCUT2D eigenvalue weighted by atomic mass is 9.85. The molecule has 2 saturated heterocycles. The van der Waals surface area contributed by atoms with Crippen molar-refractivity contribution in [2.45, 2.75) is 142 Å². The minimum Gasteiger partial charge on any atom is -0.495 e. The number of aliphatic hydroxyl groups excluding tert-OH is 1. The Labute approximate surface area is 484 Å². The summed E-state index contributed by atoms with van der Waals surface area (Å²) in [4.78, 5) is 81.2. The van der Waals surface area contributed by atoms with Crippen LogP contribution < -0.4 is 35.6 Å². The molecule has 4 aromatic carbocycles. The first-order chi connectivity index (χ1) is 39.5. The van der Waals surface area contributed by atoms with Gasteiger partial charge < -0.3 is 45.6 Å². The van der Waals surface area contributed by atoms with E-state index < -0.39 is 46.6 Å². The Morgan fingerprint density at radius 3 is 2.09 bits per heavy atom. The molecule has 2 aromatic heterocycles. The van der Waals surface area contributed by atoms with E-state index in [9.17, 15) is 33.5 Å². The average Bonchev–Trinajstić information content (AvgIpc) is 3.81. The minimum atomic E-state index is -1.17. The molecule has 16 nitrogen and oxygen atoms in total. The smallest absolute Gasteiger partial charge is 0.246 e. The number of nitrogens with zero attached hydrogens (tertiary/aromatic N) is 4. The number of hydrogen-bond donors (Lipinski definition) is 5. The van der Waals surface area contributed by atoms with Crippen LogP contribution in [0.25, 0.3) is 21.3 Å². The molecule has 82 heavy (non-hydrogen) atoms. The molecule has 1 aliphatic carbocycles. The molecule has 5 amide bonds. The monoisotopic (exact) mass is 1140 g/mol. The first kappa shape index (κ1) is 59.2. The van der Waals surface area contributed by atoms with Crippen LogP contribution in [0.1, 0.15) is 122 Å². The molecule has 0 radical (unpaired) electrons. The predicted octanol–water partition coefficient (Wildman–Crippen LogP) is 11.5. The number of aliphatic hydroxyl groups is 1. The second-order valence-electron chi connectivity index (χ2n) is 23.4. The van der Waals surface area contributed by atoms with Gasteiger partial charge in [0.2, 0.25) is 29.5 Å². The summed E-state index contributed by atoms with van der Waals surface area (Å²) in [6.45, 7) is 9.85. The molecule has 4 heterocycles. The number of ether oxygens (including phenoxy) is 2. The third-order valence-electron chi connectivity index (χ3n) is 16.2. The van der Waals surface area contributed by atoms with Gasteiger partial charge in [0.15, 0.2) is 0 Å². The van der Waals surface area contributed by atoms with Crippen molar-refractivity contribution < 1.29 is 42.9 Å². The highest BCUT2D eigenvalue weighted by Gasteiger charge is 2.56. The number of thiazole rings is 1. The first-order valence-electron chi connectivity index (χ1n) is 28.9. The maximum atomic E-state index is 14.1. The summed E-state index contributed by atoms with van der Waals surface area (Å²) in [6, 6.07) is 24.6. The molecule has 1 saturated carbocycles. The number of pyridine rings is 1. The lowest BCUT2D eigenvalue weighted by Gasteiger charge is -2.35. The lowest BCUT2D eigenvalue weighted by Crippen LogP contribution is -2.57. The number of halogens is 1. The Hall–Kier alpha value is -7.44. The van der Waals surface area contributed by atoms with Crippen molar-refractivity contribution in [3.63, 3.8) is 0 Å². The zero-order valence-corrected chi connectivity index (χ0v) is 48.5. The van der Waals surface area contributed by atoms with E-state index in [1.807, 2.05) is 69.6 Å². The van der Waals surface area contributed by atoms with Crippen LogP contribution >= 0.6 is 11.3 Å². The molecule has 3 fully saturated rings. The minimum absolute atomic E-state index is 0.0330. The average molecular weight is 1140 g/mol. The van der Waals surface area contributed by atoms with Gasteiger partial charge in [0, 0.05) is 62.0 Å². The van der Waals surface area contributed by atoms with Crippen molar-refractivity contribution in [3.8, 4) is 27.7 Å². The Morgan fingerprint density at radius 2 is 1.46 bits per heavy atom. The number of carbonyl (C=O) groups excluding carboxylic acids is 5. The van der Waals surface area contributed by atoms with Crippen LogP contribution in [0.15, 0.2) is 103 Å². The molecule has 2 aliphatic heterocycles. The number of benzene rings is 4. The Kier molecular flexibility index (Phi) is 19.2. The largest absolute Gasteiger partial charge is 0.495 e. The number of fused-ring (bicyclic) bond motifs is 1. The highest BCUT2D eigenvalue weighted by molar-refractivity contribution is 7.13. The quantitative estimate of drug-likeness (QED) is 0.0285. The van der Waals surface area contributed by atoms with E-state index in [-0.39, 0.29) is 37.2 Å². The molecule has 0 spiro atoms. The fraction of sp³-hybridized carbons (Fsp3) is 0.453. The molecular formula is C64H77FN8O8S. The van der Waals surface area contributed by atoms with Gasteiger partial charge >= 0.3 is 0 Å². The normalized spacial score (nSPS) is 17.3. The molecular weight excluding hydrogens is 1060 g/mol. The number of aromatic nitrogens is 2. The van der Waals surface area contributed by atoms with Gasteiger partial charge in [0.1, 0.15) is 40.6 Å². The van der Waals surface area contributed by atoms with Crippen LogP contribution in [0.4, 0.5) is 21.5 Å². The number of nitrogens with one attached hydrogen (secondary N) is 4. The SMILES string of the molecule is COc1cc2c(Oc3ccc(NC(=O)C4(C(=O)Nc5ccc(F)cc5)CC4)cc3)ccnc2cc1N1CCC(CCCCCCCCCC(=O)N[C@H](C(=O)N2C[C@H](O)C[C@H]2C(=O)NCc2ccc(-c3scnc3C)cc2)C(C)(C)C)CC1. The van der Waals surface area contributed by atoms with Crippen LogP contribution in [0, 0.1) is 29.5 Å². The Morgan fingerprint density at radius 1 is 0.817 bits per heavy atom. The third kappa shape index (κ3) is 14.8. The summed E-state index contributed by atoms with van der Waals surface area (Å²) in [6.07, 6.45) is 12.9. The molecule has 5 N–H and O–H groups in total. The number of methoxy groups -OCH3 is 1. The standard InChI is InChI=1S/C64H77FN8O8S/c1-41-57(82-40-68-41)44-17-15-43(16-18-44)38-67-59(76)53-35-48(74)39-73(53)60(77)58(63(2,3)4)71-56(75)14-12-10-8-6-7-9-11-13-42-28-33-72(34-29-42)52-37-51-50(36-55(52)80-5)54(27-32-66-51)81-49-25-23-47(24-26-49)70-62(79)64(30-31-64)61(78)69-46-21-19-45(65)20-22-46/h15-27,32,36-37,40,42,48,53,58,74H,6-14,28-31,33-35,38-39H2,1-5H3,(H,67,76)(H,69,78)(H,70,79)(H,71,75)/t48-,53+,58-/m1/s1. The summed E-state index contributed by atoms with van der Waals surface area (Å²) in [5.74, 6) is 0.489. The number of unbranched alkanes of at least 4 members (excludes halogenated alkanes) is 6. The van der Waals surface area contributed by atoms with E-state index in [2.05, 4.69) is 37.2 Å². The topological polar surface area (TPSA) is 204 Å². The number of carbonyl (C=O) groups is 5. The number of rotatable bonds is 24. The predicted molar refractivity (Wildman–Crippen MR) is 318 cm³/mol. The first-order valence-corrected chi connectivity index (χ1v) is 29.8. The van der Waals surface area contributed by atoms with E-state index in [0.29, 0.717) is 48.1 Å². The van der Waals surface area contributed by atoms with Crippen LogP contribution in [-0.4, -0.2) is 94.4 Å². The number of likely N-dealkylation sites (tertiary alicyclic amines) is 1. The van der Waals surface area contributed by atoms with Gasteiger partial charge in [-0.1, -0.05) is 90.0 Å². The number of piperidine rings is 1.